The number of hydrogen-bond acceptors (Lipinski definition) is 4. The second-order valence-electron chi connectivity index (χ2n) is 7.10. The predicted octanol–water partition coefficient (Wildman–Crippen LogP) is 3.14. The summed E-state index contributed by atoms with van der Waals surface area (Å²) in [6.45, 7) is 0. The normalized spacial score (nSPS) is 27.2. The molecule has 0 unspecified atom stereocenters. The molecule has 1 aromatic heterocycles. The minimum Gasteiger partial charge on any atom is -0.495 e. The van der Waals surface area contributed by atoms with Gasteiger partial charge in [0.25, 0.3) is 0 Å². The summed E-state index contributed by atoms with van der Waals surface area (Å²) in [4.78, 5) is 18.9. The molecule has 2 bridgehead atoms. The number of aromatic nitrogens is 1. The largest absolute Gasteiger partial charge is 0.495 e. The lowest BCUT2D eigenvalue weighted by molar-refractivity contribution is -0.0424. The fourth-order valence-corrected chi connectivity index (χ4v) is 4.36. The Hall–Kier alpha value is -2.60. The molecule has 6 nitrogen and oxygen atoms in total. The third-order valence-corrected chi connectivity index (χ3v) is 5.55. The van der Waals surface area contributed by atoms with Crippen molar-refractivity contribution in [1.82, 2.24) is 9.88 Å². The van der Waals surface area contributed by atoms with Gasteiger partial charge < -0.3 is 20.1 Å². The number of pyridine rings is 1. The van der Waals surface area contributed by atoms with Crippen LogP contribution in [0, 0.1) is 0 Å². The topological polar surface area (TPSA) is 74.7 Å². The number of anilines is 1. The Kier molecular flexibility index (Phi) is 4.28. The Morgan fingerprint density at radius 1 is 1.23 bits per heavy atom. The van der Waals surface area contributed by atoms with Crippen LogP contribution in [0.1, 0.15) is 31.2 Å². The number of nitrogens with zero attached hydrogens (tertiary/aromatic N) is 2. The standard InChI is InChI=1S/C20H23N3O3/c1-26-18-7-3-2-6-17(18)22-19(24)23-15-8-9-16(23)12-20(25,11-15)14-5-4-10-21-13-14/h2-7,10,13,15-16,25H,8-9,11-12H2,1H3,(H,22,24)/t15-,16-/m1/s1. The van der Waals surface area contributed by atoms with E-state index in [1.807, 2.05) is 41.3 Å². The Balaban J connectivity index is 1.52. The molecule has 2 amide bonds. The second kappa shape index (κ2) is 6.61. The number of methoxy groups -OCH3 is 1. The lowest BCUT2D eigenvalue weighted by Crippen LogP contribution is -2.53. The lowest BCUT2D eigenvalue weighted by Gasteiger charge is -2.43. The van der Waals surface area contributed by atoms with Crippen LogP contribution in [0.25, 0.3) is 0 Å². The summed E-state index contributed by atoms with van der Waals surface area (Å²) in [7, 11) is 1.59. The molecular weight excluding hydrogens is 330 g/mol. The fourth-order valence-electron chi connectivity index (χ4n) is 4.36. The Labute approximate surface area is 152 Å². The second-order valence-corrected chi connectivity index (χ2v) is 7.10. The molecule has 2 N–H and O–H groups in total. The summed E-state index contributed by atoms with van der Waals surface area (Å²) in [5.41, 5.74) is 0.579. The molecule has 2 aliphatic heterocycles. The average Bonchev–Trinajstić information content (AvgIpc) is 2.95. The van der Waals surface area contributed by atoms with Crippen molar-refractivity contribution < 1.29 is 14.6 Å². The highest BCUT2D eigenvalue weighted by molar-refractivity contribution is 5.91. The van der Waals surface area contributed by atoms with Crippen molar-refractivity contribution in [3.63, 3.8) is 0 Å². The average molecular weight is 353 g/mol. The summed E-state index contributed by atoms with van der Waals surface area (Å²) in [5.74, 6) is 0.636. The predicted molar refractivity (Wildman–Crippen MR) is 98.0 cm³/mol. The minimum atomic E-state index is -0.915. The number of aliphatic hydroxyl groups is 1. The van der Waals surface area contributed by atoms with E-state index in [-0.39, 0.29) is 18.1 Å². The lowest BCUT2D eigenvalue weighted by atomic mass is 9.81. The number of para-hydroxylation sites is 2. The van der Waals surface area contributed by atoms with Crippen molar-refractivity contribution in [1.29, 1.82) is 0 Å². The zero-order valence-electron chi connectivity index (χ0n) is 14.8. The van der Waals surface area contributed by atoms with Gasteiger partial charge in [-0.3, -0.25) is 4.98 Å². The van der Waals surface area contributed by atoms with Crippen LogP contribution in [0.2, 0.25) is 0 Å². The maximum Gasteiger partial charge on any atom is 0.322 e. The molecule has 26 heavy (non-hydrogen) atoms. The third-order valence-electron chi connectivity index (χ3n) is 5.55. The zero-order chi connectivity index (χ0) is 18.1. The van der Waals surface area contributed by atoms with Crippen LogP contribution < -0.4 is 10.1 Å². The number of benzene rings is 1. The monoisotopic (exact) mass is 353 g/mol. The Bertz CT molecular complexity index is 782. The molecule has 0 aliphatic carbocycles. The van der Waals surface area contributed by atoms with Gasteiger partial charge in [-0.2, -0.15) is 0 Å². The number of amides is 2. The van der Waals surface area contributed by atoms with Crippen molar-refractivity contribution in [3.05, 3.63) is 54.4 Å². The molecule has 136 valence electrons. The molecule has 6 heteroatoms. The van der Waals surface area contributed by atoms with E-state index in [0.717, 1.165) is 18.4 Å². The van der Waals surface area contributed by atoms with Gasteiger partial charge in [-0.1, -0.05) is 18.2 Å². The van der Waals surface area contributed by atoms with E-state index in [1.54, 1.807) is 19.5 Å². The minimum absolute atomic E-state index is 0.0219. The molecule has 2 aliphatic rings. The number of ether oxygens (including phenoxy) is 1. The highest BCUT2D eigenvalue weighted by atomic mass is 16.5. The highest BCUT2D eigenvalue weighted by Gasteiger charge is 2.50. The first-order valence-corrected chi connectivity index (χ1v) is 8.96. The van der Waals surface area contributed by atoms with Gasteiger partial charge in [0, 0.05) is 42.9 Å². The summed E-state index contributed by atoms with van der Waals surface area (Å²) in [6, 6.07) is 11.1. The van der Waals surface area contributed by atoms with Gasteiger partial charge in [0.15, 0.2) is 0 Å². The fraction of sp³-hybridized carbons (Fsp3) is 0.400. The van der Waals surface area contributed by atoms with Crippen LogP contribution in [-0.2, 0) is 5.60 Å². The van der Waals surface area contributed by atoms with Crippen LogP contribution in [0.15, 0.2) is 48.8 Å². The van der Waals surface area contributed by atoms with Gasteiger partial charge in [0.05, 0.1) is 18.4 Å². The van der Waals surface area contributed by atoms with Gasteiger partial charge in [-0.25, -0.2) is 4.79 Å². The van der Waals surface area contributed by atoms with Gasteiger partial charge >= 0.3 is 6.03 Å². The van der Waals surface area contributed by atoms with Crippen LogP contribution in [-0.4, -0.2) is 40.2 Å². The number of piperidine rings is 1. The van der Waals surface area contributed by atoms with E-state index in [4.69, 9.17) is 4.74 Å². The Morgan fingerprint density at radius 2 is 1.96 bits per heavy atom. The quantitative estimate of drug-likeness (QED) is 0.889. The number of urea groups is 1. The smallest absolute Gasteiger partial charge is 0.322 e. The van der Waals surface area contributed by atoms with Gasteiger partial charge in [0.2, 0.25) is 0 Å². The number of carbonyl (C=O) groups is 1. The van der Waals surface area contributed by atoms with Gasteiger partial charge in [-0.05, 0) is 31.0 Å². The van der Waals surface area contributed by atoms with Crippen LogP contribution in [0.3, 0.4) is 0 Å². The highest BCUT2D eigenvalue weighted by Crippen LogP contribution is 2.45. The van der Waals surface area contributed by atoms with Crippen molar-refractivity contribution in [3.8, 4) is 5.75 Å². The Morgan fingerprint density at radius 3 is 2.62 bits per heavy atom. The number of nitrogens with one attached hydrogen (secondary N) is 1. The summed E-state index contributed by atoms with van der Waals surface area (Å²) in [5, 5.41) is 14.1. The van der Waals surface area contributed by atoms with Crippen LogP contribution in [0.4, 0.5) is 10.5 Å². The summed E-state index contributed by atoms with van der Waals surface area (Å²) < 4.78 is 5.31. The maximum atomic E-state index is 12.9. The SMILES string of the molecule is COc1ccccc1NC(=O)N1[C@@H]2CC[C@@H]1CC(O)(c1cccnc1)C2. The van der Waals surface area contributed by atoms with E-state index in [9.17, 15) is 9.90 Å². The number of hydrogen-bond donors (Lipinski definition) is 2. The molecule has 0 radical (unpaired) electrons. The summed E-state index contributed by atoms with van der Waals surface area (Å²) >= 11 is 0. The van der Waals surface area contributed by atoms with Crippen molar-refractivity contribution >= 4 is 11.7 Å². The number of carbonyl (C=O) groups excluding carboxylic acids is 1. The molecular formula is C20H23N3O3. The van der Waals surface area contributed by atoms with Gasteiger partial charge in [0.1, 0.15) is 5.75 Å². The van der Waals surface area contributed by atoms with Crippen molar-refractivity contribution in [2.75, 3.05) is 12.4 Å². The first-order chi connectivity index (χ1) is 12.6. The van der Waals surface area contributed by atoms with Crippen LogP contribution >= 0.6 is 0 Å². The number of rotatable bonds is 3. The van der Waals surface area contributed by atoms with Gasteiger partial charge in [-0.15, -0.1) is 0 Å². The van der Waals surface area contributed by atoms with E-state index in [1.165, 1.54) is 0 Å². The molecule has 2 atom stereocenters. The van der Waals surface area contributed by atoms with Crippen molar-refractivity contribution in [2.24, 2.45) is 0 Å². The molecule has 4 rings (SSSR count). The molecule has 3 heterocycles. The molecule has 2 saturated heterocycles. The first kappa shape index (κ1) is 16.8. The van der Waals surface area contributed by atoms with Crippen LogP contribution in [0.5, 0.6) is 5.75 Å². The third kappa shape index (κ3) is 2.90. The zero-order valence-corrected chi connectivity index (χ0v) is 14.8. The molecule has 0 spiro atoms. The maximum absolute atomic E-state index is 12.9. The summed E-state index contributed by atoms with van der Waals surface area (Å²) in [6.07, 6.45) is 6.32. The van der Waals surface area contributed by atoms with E-state index < -0.39 is 5.60 Å². The van der Waals surface area contributed by atoms with E-state index >= 15 is 0 Å². The van der Waals surface area contributed by atoms with E-state index in [2.05, 4.69) is 10.3 Å². The molecule has 1 aromatic carbocycles. The first-order valence-electron chi connectivity index (χ1n) is 8.96. The number of fused-ring (bicyclic) bond motifs is 2. The molecule has 2 aromatic rings. The van der Waals surface area contributed by atoms with Crippen molar-refractivity contribution in [2.45, 2.75) is 43.4 Å². The molecule has 0 saturated carbocycles. The van der Waals surface area contributed by atoms with E-state index in [0.29, 0.717) is 24.3 Å². The molecule has 2 fully saturated rings.